The third kappa shape index (κ3) is 3.55. The van der Waals surface area contributed by atoms with Gasteiger partial charge in [0.25, 0.3) is 0 Å². The molecule has 0 unspecified atom stereocenters. The molecular formula is C17H17ClN2O2S2. The average molecular weight is 381 g/mol. The first-order valence-electron chi connectivity index (χ1n) is 7.65. The van der Waals surface area contributed by atoms with Crippen LogP contribution in [0.4, 0.5) is 10.7 Å². The summed E-state index contributed by atoms with van der Waals surface area (Å²) in [5, 5.41) is 7.92. The number of ether oxygens (including phenoxy) is 1. The number of thiocarbonyl (C=S) groups is 1. The number of nitrogens with one attached hydrogen (secondary N) is 2. The Morgan fingerprint density at radius 3 is 2.75 bits per heavy atom. The van der Waals surface area contributed by atoms with E-state index in [-0.39, 0.29) is 5.97 Å². The Morgan fingerprint density at radius 1 is 1.25 bits per heavy atom. The van der Waals surface area contributed by atoms with Gasteiger partial charge in [-0.15, -0.1) is 11.3 Å². The number of anilines is 2. The SMILES string of the molecule is COC(=O)c1c(NC(=S)Nc2ccccc2Cl)sc2c1CCCC2. The van der Waals surface area contributed by atoms with E-state index in [9.17, 15) is 4.79 Å². The lowest BCUT2D eigenvalue weighted by Gasteiger charge is -2.13. The third-order valence-corrected chi connectivity index (χ3v) is 5.65. The number of para-hydroxylation sites is 1. The lowest BCUT2D eigenvalue weighted by Crippen LogP contribution is -2.20. The van der Waals surface area contributed by atoms with Crippen LogP contribution in [-0.4, -0.2) is 18.2 Å². The van der Waals surface area contributed by atoms with Crippen molar-refractivity contribution in [1.29, 1.82) is 0 Å². The summed E-state index contributed by atoms with van der Waals surface area (Å²) >= 11 is 13.1. The molecule has 2 aromatic rings. The van der Waals surface area contributed by atoms with Crippen molar-refractivity contribution < 1.29 is 9.53 Å². The predicted octanol–water partition coefficient (Wildman–Crippen LogP) is 4.88. The maximum Gasteiger partial charge on any atom is 0.341 e. The highest BCUT2D eigenvalue weighted by atomic mass is 35.5. The summed E-state index contributed by atoms with van der Waals surface area (Å²) in [6.07, 6.45) is 4.14. The lowest BCUT2D eigenvalue weighted by molar-refractivity contribution is 0.0601. The Labute approximate surface area is 155 Å². The first-order chi connectivity index (χ1) is 11.6. The summed E-state index contributed by atoms with van der Waals surface area (Å²) in [6.45, 7) is 0. The van der Waals surface area contributed by atoms with Crippen LogP contribution in [-0.2, 0) is 17.6 Å². The van der Waals surface area contributed by atoms with E-state index in [0.29, 0.717) is 15.7 Å². The van der Waals surface area contributed by atoms with Crippen LogP contribution in [0.3, 0.4) is 0 Å². The second-order valence-electron chi connectivity index (χ2n) is 5.47. The molecule has 3 rings (SSSR count). The predicted molar refractivity (Wildman–Crippen MR) is 104 cm³/mol. The van der Waals surface area contributed by atoms with Crippen LogP contribution in [0.5, 0.6) is 0 Å². The van der Waals surface area contributed by atoms with Crippen LogP contribution in [0.15, 0.2) is 24.3 Å². The monoisotopic (exact) mass is 380 g/mol. The van der Waals surface area contributed by atoms with Gasteiger partial charge in [-0.05, 0) is 55.6 Å². The molecule has 126 valence electrons. The van der Waals surface area contributed by atoms with E-state index in [4.69, 9.17) is 28.6 Å². The number of hydrogen-bond donors (Lipinski definition) is 2. The molecule has 2 N–H and O–H groups in total. The van der Waals surface area contributed by atoms with Gasteiger partial charge in [0.05, 0.1) is 23.4 Å². The molecule has 0 spiro atoms. The molecule has 0 saturated carbocycles. The van der Waals surface area contributed by atoms with Crippen LogP contribution in [0.1, 0.15) is 33.6 Å². The van der Waals surface area contributed by atoms with E-state index in [2.05, 4.69) is 10.6 Å². The molecule has 1 aliphatic rings. The van der Waals surface area contributed by atoms with E-state index in [1.165, 1.54) is 12.0 Å². The maximum atomic E-state index is 12.2. The number of rotatable bonds is 3. The van der Waals surface area contributed by atoms with E-state index < -0.39 is 0 Å². The molecule has 1 heterocycles. The minimum Gasteiger partial charge on any atom is -0.465 e. The fourth-order valence-corrected chi connectivity index (χ4v) is 4.53. The van der Waals surface area contributed by atoms with E-state index >= 15 is 0 Å². The summed E-state index contributed by atoms with van der Waals surface area (Å²) in [4.78, 5) is 13.5. The van der Waals surface area contributed by atoms with Crippen molar-refractivity contribution in [1.82, 2.24) is 0 Å². The Bertz CT molecular complexity index is 789. The quantitative estimate of drug-likeness (QED) is 0.587. The smallest absolute Gasteiger partial charge is 0.341 e. The van der Waals surface area contributed by atoms with Crippen LogP contribution >= 0.6 is 35.2 Å². The summed E-state index contributed by atoms with van der Waals surface area (Å²) in [6, 6.07) is 7.36. The molecule has 24 heavy (non-hydrogen) atoms. The fourth-order valence-electron chi connectivity index (χ4n) is 2.79. The van der Waals surface area contributed by atoms with Gasteiger partial charge in [-0.25, -0.2) is 4.79 Å². The molecule has 0 amide bonds. The summed E-state index contributed by atoms with van der Waals surface area (Å²) < 4.78 is 4.96. The molecule has 1 aliphatic carbocycles. The van der Waals surface area contributed by atoms with Crippen LogP contribution in [0.25, 0.3) is 0 Å². The second-order valence-corrected chi connectivity index (χ2v) is 7.39. The first-order valence-corrected chi connectivity index (χ1v) is 9.26. The molecule has 4 nitrogen and oxygen atoms in total. The minimum absolute atomic E-state index is 0.322. The van der Waals surface area contributed by atoms with Gasteiger partial charge in [-0.2, -0.15) is 0 Å². The molecule has 0 atom stereocenters. The number of benzene rings is 1. The Morgan fingerprint density at radius 2 is 2.00 bits per heavy atom. The zero-order valence-electron chi connectivity index (χ0n) is 13.1. The third-order valence-electron chi connectivity index (χ3n) is 3.91. The van der Waals surface area contributed by atoms with Gasteiger partial charge in [0.1, 0.15) is 5.00 Å². The van der Waals surface area contributed by atoms with Crippen molar-refractivity contribution in [2.24, 2.45) is 0 Å². The Kier molecular flexibility index (Phi) is 5.38. The Balaban J connectivity index is 1.84. The molecule has 0 radical (unpaired) electrons. The zero-order valence-corrected chi connectivity index (χ0v) is 15.5. The topological polar surface area (TPSA) is 50.4 Å². The number of carbonyl (C=O) groups excluding carboxylic acids is 1. The van der Waals surface area contributed by atoms with Gasteiger partial charge in [-0.1, -0.05) is 23.7 Å². The van der Waals surface area contributed by atoms with Crippen molar-refractivity contribution in [2.45, 2.75) is 25.7 Å². The number of fused-ring (bicyclic) bond motifs is 1. The van der Waals surface area contributed by atoms with Crippen molar-refractivity contribution >= 4 is 56.9 Å². The number of hydrogen-bond acceptors (Lipinski definition) is 4. The highest BCUT2D eigenvalue weighted by Gasteiger charge is 2.26. The fraction of sp³-hybridized carbons (Fsp3) is 0.294. The number of thiophene rings is 1. The van der Waals surface area contributed by atoms with E-state index in [1.54, 1.807) is 17.4 Å². The first kappa shape index (κ1) is 17.2. The second kappa shape index (κ2) is 7.51. The lowest BCUT2D eigenvalue weighted by atomic mass is 9.95. The molecule has 1 aromatic carbocycles. The van der Waals surface area contributed by atoms with Crippen LogP contribution in [0.2, 0.25) is 5.02 Å². The van der Waals surface area contributed by atoms with Gasteiger partial charge >= 0.3 is 5.97 Å². The molecule has 1 aromatic heterocycles. The van der Waals surface area contributed by atoms with Crippen LogP contribution < -0.4 is 10.6 Å². The van der Waals surface area contributed by atoms with Crippen molar-refractivity contribution in [3.8, 4) is 0 Å². The molecule has 7 heteroatoms. The van der Waals surface area contributed by atoms with E-state index in [0.717, 1.165) is 41.9 Å². The van der Waals surface area contributed by atoms with Gasteiger partial charge < -0.3 is 15.4 Å². The van der Waals surface area contributed by atoms with Crippen molar-refractivity contribution in [2.75, 3.05) is 17.7 Å². The highest BCUT2D eigenvalue weighted by Crippen LogP contribution is 2.38. The van der Waals surface area contributed by atoms with Crippen molar-refractivity contribution in [3.05, 3.63) is 45.3 Å². The largest absolute Gasteiger partial charge is 0.465 e. The molecular weight excluding hydrogens is 364 g/mol. The summed E-state index contributed by atoms with van der Waals surface area (Å²) in [5.74, 6) is -0.322. The average Bonchev–Trinajstić information content (AvgIpc) is 2.94. The van der Waals surface area contributed by atoms with Gasteiger partial charge in [-0.3, -0.25) is 0 Å². The number of halogens is 1. The summed E-state index contributed by atoms with van der Waals surface area (Å²) in [5.41, 5.74) is 2.43. The van der Waals surface area contributed by atoms with Gasteiger partial charge in [0.15, 0.2) is 5.11 Å². The van der Waals surface area contributed by atoms with Crippen molar-refractivity contribution in [3.63, 3.8) is 0 Å². The number of carbonyl (C=O) groups is 1. The number of methoxy groups -OCH3 is 1. The molecule has 0 fully saturated rings. The number of aryl methyl sites for hydroxylation is 1. The standard InChI is InChI=1S/C17H17ClN2O2S2/c1-22-16(21)14-10-6-2-5-9-13(10)24-15(14)20-17(23)19-12-8-4-3-7-11(12)18/h3-4,7-8H,2,5-6,9H2,1H3,(H2,19,20,23). The zero-order chi connectivity index (χ0) is 17.1. The Hall–Kier alpha value is -1.63. The molecule has 0 aliphatic heterocycles. The van der Waals surface area contributed by atoms with E-state index in [1.807, 2.05) is 18.2 Å². The van der Waals surface area contributed by atoms with Crippen LogP contribution in [0, 0.1) is 0 Å². The molecule has 0 bridgehead atoms. The minimum atomic E-state index is -0.322. The summed E-state index contributed by atoms with van der Waals surface area (Å²) in [7, 11) is 1.40. The highest BCUT2D eigenvalue weighted by molar-refractivity contribution is 7.80. The normalized spacial score (nSPS) is 13.1. The van der Waals surface area contributed by atoms with Gasteiger partial charge in [0, 0.05) is 4.88 Å². The number of esters is 1. The maximum absolute atomic E-state index is 12.2. The molecule has 0 saturated heterocycles. The van der Waals surface area contributed by atoms with Gasteiger partial charge in [0.2, 0.25) is 0 Å².